The van der Waals surface area contributed by atoms with E-state index in [4.69, 9.17) is 0 Å². The molecule has 0 radical (unpaired) electrons. The molecule has 0 spiro atoms. The first kappa shape index (κ1) is 22.7. The van der Waals surface area contributed by atoms with Gasteiger partial charge in [0.15, 0.2) is 0 Å². The van der Waals surface area contributed by atoms with Gasteiger partial charge in [-0.1, -0.05) is 98.6 Å². The highest BCUT2D eigenvalue weighted by atomic mass is 32.2. The summed E-state index contributed by atoms with van der Waals surface area (Å²) in [5.41, 5.74) is 1.05. The van der Waals surface area contributed by atoms with Crippen molar-refractivity contribution in [2.45, 2.75) is 38.1 Å². The Labute approximate surface area is 182 Å². The highest BCUT2D eigenvalue weighted by molar-refractivity contribution is 7.89. The predicted molar refractivity (Wildman–Crippen MR) is 129 cm³/mol. The molecule has 3 rings (SSSR count). The van der Waals surface area contributed by atoms with Crippen LogP contribution in [-0.4, -0.2) is 20.6 Å². The van der Waals surface area contributed by atoms with Crippen molar-refractivity contribution in [1.82, 2.24) is 4.72 Å². The van der Waals surface area contributed by atoms with Gasteiger partial charge < -0.3 is 0 Å². The third-order valence-corrected chi connectivity index (χ3v) is 9.59. The van der Waals surface area contributed by atoms with Crippen molar-refractivity contribution in [1.29, 1.82) is 0 Å². The van der Waals surface area contributed by atoms with E-state index >= 15 is 0 Å². The summed E-state index contributed by atoms with van der Waals surface area (Å²) < 4.78 is 29.3. The molecule has 0 aliphatic carbocycles. The smallest absolute Gasteiger partial charge is 0.207 e. The third kappa shape index (κ3) is 5.78. The molecule has 0 aromatic heterocycles. The molecular weight excluding hydrogens is 409 g/mol. The van der Waals surface area contributed by atoms with Crippen molar-refractivity contribution in [3.05, 3.63) is 90.5 Å². The van der Waals surface area contributed by atoms with Gasteiger partial charge in [-0.15, -0.1) is 0 Å². The zero-order chi connectivity index (χ0) is 21.6. The quantitative estimate of drug-likeness (QED) is 0.486. The Morgan fingerprint density at radius 2 is 1.33 bits per heavy atom. The Morgan fingerprint density at radius 1 is 0.833 bits per heavy atom. The summed E-state index contributed by atoms with van der Waals surface area (Å²) in [4.78, 5) is 0.324. The van der Waals surface area contributed by atoms with E-state index in [0.717, 1.165) is 18.1 Å². The molecule has 0 bridgehead atoms. The molecule has 0 unspecified atom stereocenters. The molecule has 1 N–H and O–H groups in total. The molecule has 0 heterocycles. The largest absolute Gasteiger partial charge is 0.240 e. The van der Waals surface area contributed by atoms with Crippen molar-refractivity contribution in [3.8, 4) is 0 Å². The fourth-order valence-electron chi connectivity index (χ4n) is 3.38. The number of benzene rings is 3. The Bertz CT molecular complexity index is 982. The van der Waals surface area contributed by atoms with Gasteiger partial charge in [0.1, 0.15) is 0 Å². The molecule has 0 fully saturated rings. The molecule has 0 aliphatic rings. The van der Waals surface area contributed by atoms with Gasteiger partial charge in [-0.2, -0.15) is 0 Å². The molecule has 3 aromatic carbocycles. The van der Waals surface area contributed by atoms with Crippen LogP contribution in [0, 0.1) is 12.8 Å². The lowest BCUT2D eigenvalue weighted by Crippen LogP contribution is -2.42. The summed E-state index contributed by atoms with van der Waals surface area (Å²) in [6.45, 7) is 6.20. The zero-order valence-corrected chi connectivity index (χ0v) is 19.5. The second-order valence-corrected chi connectivity index (χ2v) is 11.7. The molecule has 0 saturated carbocycles. The standard InChI is InChI=1S/C25H30NO2PS/c1-4-21(3)25(26-30(27,28)24-17-15-20(2)16-18-24)19-29(22-11-7-5-8-12-22)23-13-9-6-10-14-23/h5-18,21,25-26H,4,19H2,1-3H3/t21-,25+/m0/s1. The number of hydrogen-bond acceptors (Lipinski definition) is 2. The van der Waals surface area contributed by atoms with Crippen LogP contribution in [0.3, 0.4) is 0 Å². The van der Waals surface area contributed by atoms with Gasteiger partial charge in [0.25, 0.3) is 0 Å². The van der Waals surface area contributed by atoms with Crippen molar-refractivity contribution in [3.63, 3.8) is 0 Å². The first-order valence-electron chi connectivity index (χ1n) is 10.4. The van der Waals surface area contributed by atoms with Crippen molar-refractivity contribution < 1.29 is 8.42 Å². The average molecular weight is 440 g/mol. The molecular formula is C25H30NO2PS. The van der Waals surface area contributed by atoms with Gasteiger partial charge in [0, 0.05) is 6.04 Å². The van der Waals surface area contributed by atoms with Gasteiger partial charge in [-0.3, -0.25) is 0 Å². The molecule has 3 aromatic rings. The summed E-state index contributed by atoms with van der Waals surface area (Å²) in [7, 11) is -4.26. The normalized spacial score (nSPS) is 13.9. The molecule has 0 amide bonds. The molecule has 0 aliphatic heterocycles. The minimum absolute atomic E-state index is 0.146. The highest BCUT2D eigenvalue weighted by Gasteiger charge is 2.28. The van der Waals surface area contributed by atoms with Crippen LogP contribution < -0.4 is 15.3 Å². The van der Waals surface area contributed by atoms with Crippen LogP contribution in [0.5, 0.6) is 0 Å². The number of sulfonamides is 1. The van der Waals surface area contributed by atoms with Crippen LogP contribution in [0.25, 0.3) is 0 Å². The van der Waals surface area contributed by atoms with Crippen LogP contribution in [0.2, 0.25) is 0 Å². The van der Waals surface area contributed by atoms with Crippen molar-refractivity contribution >= 4 is 28.6 Å². The Morgan fingerprint density at radius 3 is 1.80 bits per heavy atom. The molecule has 30 heavy (non-hydrogen) atoms. The molecule has 5 heteroatoms. The van der Waals surface area contributed by atoms with Crippen molar-refractivity contribution in [2.24, 2.45) is 5.92 Å². The zero-order valence-electron chi connectivity index (χ0n) is 17.8. The van der Waals surface area contributed by atoms with E-state index in [-0.39, 0.29) is 12.0 Å². The minimum atomic E-state index is -3.58. The topological polar surface area (TPSA) is 46.2 Å². The van der Waals surface area contributed by atoms with Gasteiger partial charge in [-0.25, -0.2) is 13.1 Å². The van der Waals surface area contributed by atoms with E-state index in [1.165, 1.54) is 10.6 Å². The number of rotatable bonds is 9. The highest BCUT2D eigenvalue weighted by Crippen LogP contribution is 2.36. The summed E-state index contributed by atoms with van der Waals surface area (Å²) in [6, 6.07) is 27.8. The fraction of sp³-hybridized carbons (Fsp3) is 0.280. The second-order valence-electron chi connectivity index (χ2n) is 7.71. The van der Waals surface area contributed by atoms with Crippen LogP contribution in [0.1, 0.15) is 25.8 Å². The lowest BCUT2D eigenvalue weighted by Gasteiger charge is -2.29. The third-order valence-electron chi connectivity index (χ3n) is 5.48. The van der Waals surface area contributed by atoms with E-state index in [1.807, 2.05) is 31.2 Å². The first-order chi connectivity index (χ1) is 14.4. The first-order valence-corrected chi connectivity index (χ1v) is 13.4. The van der Waals surface area contributed by atoms with Gasteiger partial charge in [0.05, 0.1) is 4.90 Å². The summed E-state index contributed by atoms with van der Waals surface area (Å²) in [5.74, 6) is 0.225. The van der Waals surface area contributed by atoms with Crippen LogP contribution >= 0.6 is 7.92 Å². The second kappa shape index (κ2) is 10.3. The van der Waals surface area contributed by atoms with Crippen LogP contribution in [-0.2, 0) is 10.0 Å². The van der Waals surface area contributed by atoms with Crippen LogP contribution in [0.4, 0.5) is 0 Å². The predicted octanol–water partition coefficient (Wildman–Crippen LogP) is 4.82. The number of hydrogen-bond donors (Lipinski definition) is 1. The van der Waals surface area contributed by atoms with Gasteiger partial charge in [-0.05, 0) is 49.7 Å². The fourth-order valence-corrected chi connectivity index (χ4v) is 7.47. The SMILES string of the molecule is CC[C@H](C)[C@@H](CP(c1ccccc1)c1ccccc1)NS(=O)(=O)c1ccc(C)cc1. The molecule has 2 atom stereocenters. The van der Waals surface area contributed by atoms with Crippen LogP contribution in [0.15, 0.2) is 89.8 Å². The van der Waals surface area contributed by atoms with E-state index in [9.17, 15) is 8.42 Å². The monoisotopic (exact) mass is 439 g/mol. The lowest BCUT2D eigenvalue weighted by molar-refractivity contribution is 0.438. The molecule has 0 saturated heterocycles. The maximum atomic E-state index is 13.1. The molecule has 158 valence electrons. The number of aryl methyl sites for hydroxylation is 1. The van der Waals surface area contributed by atoms with Gasteiger partial charge >= 0.3 is 0 Å². The van der Waals surface area contributed by atoms with E-state index in [0.29, 0.717) is 4.90 Å². The maximum Gasteiger partial charge on any atom is 0.240 e. The number of nitrogens with one attached hydrogen (secondary N) is 1. The maximum absolute atomic E-state index is 13.1. The Kier molecular flexibility index (Phi) is 7.82. The average Bonchev–Trinajstić information content (AvgIpc) is 2.77. The summed E-state index contributed by atoms with van der Waals surface area (Å²) >= 11 is 0. The lowest BCUT2D eigenvalue weighted by atomic mass is 10.0. The Hall–Kier alpha value is -2.00. The van der Waals surface area contributed by atoms with Crippen molar-refractivity contribution in [2.75, 3.05) is 6.16 Å². The minimum Gasteiger partial charge on any atom is -0.207 e. The van der Waals surface area contributed by atoms with Gasteiger partial charge in [0.2, 0.25) is 10.0 Å². The molecule has 3 nitrogen and oxygen atoms in total. The van der Waals surface area contributed by atoms with E-state index < -0.39 is 17.9 Å². The van der Waals surface area contributed by atoms with E-state index in [1.54, 1.807) is 12.1 Å². The summed E-state index contributed by atoms with van der Waals surface area (Å²) in [6.07, 6.45) is 1.68. The summed E-state index contributed by atoms with van der Waals surface area (Å²) in [5, 5.41) is 2.53. The Balaban J connectivity index is 1.93. The van der Waals surface area contributed by atoms with E-state index in [2.05, 4.69) is 67.1 Å².